The van der Waals surface area contributed by atoms with E-state index in [1.165, 1.54) is 0 Å². The van der Waals surface area contributed by atoms with E-state index in [9.17, 15) is 33.0 Å². The molecule has 4 rings (SSSR count). The number of nitrogens with one attached hydrogen (secondary N) is 4. The van der Waals surface area contributed by atoms with E-state index >= 15 is 0 Å². The molecular weight excluding hydrogens is 773 g/mol. The molecule has 14 nitrogen and oxygen atoms in total. The van der Waals surface area contributed by atoms with Crippen molar-refractivity contribution in [3.05, 3.63) is 71.8 Å². The van der Waals surface area contributed by atoms with E-state index in [2.05, 4.69) is 21.3 Å². The Balaban J connectivity index is 1.44. The SMILES string of the molecule is CCC[C@H](NC(=O)[C@H](CCc1ccccc1)NC(=O)CN1CCN(C(=O)CCCS(C)=O)CC1)C(=O)N[C@@H](Cc1ccccc1)C(=O)N[C@@H](CC(C)C)C(=O)[C@@]1(C)CO1. The molecule has 2 aromatic rings. The maximum atomic E-state index is 14.1. The molecule has 5 amide bonds. The zero-order valence-corrected chi connectivity index (χ0v) is 36.2. The Bertz CT molecular complexity index is 1730. The van der Waals surface area contributed by atoms with Gasteiger partial charge in [-0.25, -0.2) is 0 Å². The van der Waals surface area contributed by atoms with E-state index < -0.39 is 58.3 Å². The quantitative estimate of drug-likeness (QED) is 0.115. The smallest absolute Gasteiger partial charge is 0.243 e. The summed E-state index contributed by atoms with van der Waals surface area (Å²) in [7, 11) is -0.944. The first kappa shape index (κ1) is 47.2. The minimum atomic E-state index is -1.05. The molecule has 59 heavy (non-hydrogen) atoms. The van der Waals surface area contributed by atoms with E-state index in [4.69, 9.17) is 4.74 Å². The molecule has 2 heterocycles. The predicted octanol–water partition coefficient (Wildman–Crippen LogP) is 2.31. The van der Waals surface area contributed by atoms with Crippen molar-refractivity contribution in [2.45, 2.75) is 109 Å². The van der Waals surface area contributed by atoms with Gasteiger partial charge in [0.1, 0.15) is 23.7 Å². The van der Waals surface area contributed by atoms with Gasteiger partial charge in [-0.1, -0.05) is 87.9 Å². The van der Waals surface area contributed by atoms with Gasteiger partial charge in [-0.3, -0.25) is 37.9 Å². The van der Waals surface area contributed by atoms with Crippen LogP contribution < -0.4 is 21.3 Å². The second kappa shape index (κ2) is 23.4. The highest BCUT2D eigenvalue weighted by molar-refractivity contribution is 7.84. The standard InChI is InChI=1S/C44H64N6O8S/c1-6-14-34(41(54)48-37(28-33-17-11-8-12-18-33)43(56)47-36(27-31(2)3)40(53)44(4)30-58-44)46-42(55)35(21-20-32-15-9-7-10-16-32)45-38(51)29-49-22-24-50(25-23-49)39(52)19-13-26-59(5)57/h7-12,15-18,31,34-37H,6,13-14,19-30H2,1-5H3,(H,45,51)(H,46,55)(H,47,56)(H,48,54)/t34-,35-,36-,37-,44+,59?/m0/s1. The number of carbonyl (C=O) groups is 6. The fourth-order valence-corrected chi connectivity index (χ4v) is 7.71. The molecule has 0 saturated carbocycles. The van der Waals surface area contributed by atoms with E-state index in [1.807, 2.05) is 86.3 Å². The summed E-state index contributed by atoms with van der Waals surface area (Å²) < 4.78 is 16.8. The lowest BCUT2D eigenvalue weighted by molar-refractivity contribution is -0.135. The van der Waals surface area contributed by atoms with Crippen LogP contribution in [0.2, 0.25) is 0 Å². The molecule has 324 valence electrons. The lowest BCUT2D eigenvalue weighted by Crippen LogP contribution is -2.59. The summed E-state index contributed by atoms with van der Waals surface area (Å²) in [5.41, 5.74) is 0.845. The predicted molar refractivity (Wildman–Crippen MR) is 228 cm³/mol. The van der Waals surface area contributed by atoms with Crippen molar-refractivity contribution in [3.8, 4) is 0 Å². The molecule has 1 unspecified atom stereocenters. The van der Waals surface area contributed by atoms with Gasteiger partial charge in [0.2, 0.25) is 29.5 Å². The normalized spacial score (nSPS) is 19.1. The molecule has 0 aliphatic carbocycles. The van der Waals surface area contributed by atoms with Crippen LogP contribution in [0.1, 0.15) is 77.3 Å². The molecule has 0 aromatic heterocycles. The minimum Gasteiger partial charge on any atom is -0.361 e. The Labute approximate surface area is 351 Å². The van der Waals surface area contributed by atoms with Gasteiger partial charge in [-0.05, 0) is 56.1 Å². The molecule has 0 radical (unpaired) electrons. The third-order valence-electron chi connectivity index (χ3n) is 10.7. The second-order valence-corrected chi connectivity index (χ2v) is 17.9. The van der Waals surface area contributed by atoms with Crippen molar-refractivity contribution in [1.29, 1.82) is 0 Å². The average Bonchev–Trinajstić information content (AvgIpc) is 3.97. The van der Waals surface area contributed by atoms with Crippen molar-refractivity contribution >= 4 is 46.1 Å². The fourth-order valence-electron chi connectivity index (χ4n) is 7.16. The van der Waals surface area contributed by atoms with Crippen LogP contribution in [0, 0.1) is 5.92 Å². The van der Waals surface area contributed by atoms with Crippen molar-refractivity contribution < 1.29 is 37.7 Å². The number of epoxide rings is 1. The summed E-state index contributed by atoms with van der Waals surface area (Å²) in [6, 6.07) is 15.0. The second-order valence-electron chi connectivity index (χ2n) is 16.4. The zero-order valence-electron chi connectivity index (χ0n) is 35.3. The first-order valence-corrected chi connectivity index (χ1v) is 22.7. The Morgan fingerprint density at radius 3 is 1.86 bits per heavy atom. The third kappa shape index (κ3) is 15.9. The first-order chi connectivity index (χ1) is 28.2. The van der Waals surface area contributed by atoms with Crippen LogP contribution in [0.25, 0.3) is 0 Å². The lowest BCUT2D eigenvalue weighted by Gasteiger charge is -2.34. The molecule has 6 atom stereocenters. The number of benzene rings is 2. The van der Waals surface area contributed by atoms with Gasteiger partial charge < -0.3 is 30.9 Å². The molecule has 2 saturated heterocycles. The Morgan fingerprint density at radius 1 is 0.763 bits per heavy atom. The number of rotatable bonds is 24. The van der Waals surface area contributed by atoms with E-state index in [1.54, 1.807) is 18.1 Å². The highest BCUT2D eigenvalue weighted by Crippen LogP contribution is 2.29. The Morgan fingerprint density at radius 2 is 1.31 bits per heavy atom. The largest absolute Gasteiger partial charge is 0.361 e. The molecular formula is C44H64N6O8S. The third-order valence-corrected chi connectivity index (χ3v) is 11.6. The maximum Gasteiger partial charge on any atom is 0.243 e. The monoisotopic (exact) mass is 836 g/mol. The van der Waals surface area contributed by atoms with Crippen molar-refractivity contribution in [3.63, 3.8) is 0 Å². The number of nitrogens with zero attached hydrogens (tertiary/aromatic N) is 2. The van der Waals surface area contributed by atoms with Crippen LogP contribution in [0.5, 0.6) is 0 Å². The van der Waals surface area contributed by atoms with Gasteiger partial charge in [-0.15, -0.1) is 0 Å². The number of ether oxygens (including phenoxy) is 1. The van der Waals surface area contributed by atoms with Crippen molar-refractivity contribution in [1.82, 2.24) is 31.1 Å². The maximum absolute atomic E-state index is 14.1. The molecule has 2 aliphatic heterocycles. The van der Waals surface area contributed by atoms with E-state index in [-0.39, 0.29) is 55.9 Å². The fraction of sp³-hybridized carbons (Fsp3) is 0.591. The van der Waals surface area contributed by atoms with Crippen LogP contribution in [-0.2, 0) is 57.1 Å². The molecule has 2 aliphatic rings. The van der Waals surface area contributed by atoms with Gasteiger partial charge >= 0.3 is 0 Å². The molecule has 15 heteroatoms. The lowest BCUT2D eigenvalue weighted by atomic mass is 9.93. The number of amides is 5. The highest BCUT2D eigenvalue weighted by atomic mass is 32.2. The highest BCUT2D eigenvalue weighted by Gasteiger charge is 2.50. The van der Waals surface area contributed by atoms with Crippen molar-refractivity contribution in [2.24, 2.45) is 5.92 Å². The Hall–Kier alpha value is -4.47. The van der Waals surface area contributed by atoms with E-state index in [0.29, 0.717) is 64.0 Å². The summed E-state index contributed by atoms with van der Waals surface area (Å²) in [6.07, 6.45) is 4.68. The number of carbonyl (C=O) groups excluding carboxylic acids is 6. The van der Waals surface area contributed by atoms with Gasteiger partial charge in [0, 0.05) is 61.8 Å². The number of piperazine rings is 1. The van der Waals surface area contributed by atoms with Crippen LogP contribution in [0.15, 0.2) is 60.7 Å². The van der Waals surface area contributed by atoms with E-state index in [0.717, 1.165) is 11.1 Å². The number of aryl methyl sites for hydroxylation is 1. The zero-order chi connectivity index (χ0) is 43.0. The number of ketones is 1. The van der Waals surface area contributed by atoms with Crippen LogP contribution >= 0.6 is 0 Å². The number of hydrogen-bond donors (Lipinski definition) is 4. The van der Waals surface area contributed by atoms with Crippen LogP contribution in [0.3, 0.4) is 0 Å². The molecule has 2 aromatic carbocycles. The summed E-state index contributed by atoms with van der Waals surface area (Å²) in [5, 5.41) is 11.6. The Kier molecular flexibility index (Phi) is 18.7. The number of hydrogen-bond acceptors (Lipinski definition) is 9. The summed E-state index contributed by atoms with van der Waals surface area (Å²) in [4.78, 5) is 85.3. The van der Waals surface area contributed by atoms with Gasteiger partial charge in [-0.2, -0.15) is 0 Å². The summed E-state index contributed by atoms with van der Waals surface area (Å²) >= 11 is 0. The van der Waals surface area contributed by atoms with Crippen LogP contribution in [0.4, 0.5) is 0 Å². The number of Topliss-reactive ketones (excluding diaryl/α,β-unsaturated/α-hetero) is 1. The average molecular weight is 837 g/mol. The molecule has 0 bridgehead atoms. The first-order valence-electron chi connectivity index (χ1n) is 20.9. The molecule has 2 fully saturated rings. The van der Waals surface area contributed by atoms with Gasteiger partial charge in [0.15, 0.2) is 5.78 Å². The molecule has 0 spiro atoms. The van der Waals surface area contributed by atoms with Gasteiger partial charge in [0.05, 0.1) is 19.2 Å². The minimum absolute atomic E-state index is 0.0124. The van der Waals surface area contributed by atoms with Crippen LogP contribution in [-0.4, -0.2) is 130 Å². The van der Waals surface area contributed by atoms with Crippen molar-refractivity contribution in [2.75, 3.05) is 51.3 Å². The molecule has 4 N–H and O–H groups in total. The topological polar surface area (TPSA) is 187 Å². The summed E-state index contributed by atoms with van der Waals surface area (Å²) in [6.45, 7) is 9.78. The summed E-state index contributed by atoms with van der Waals surface area (Å²) in [5.74, 6) is -1.54. The van der Waals surface area contributed by atoms with Gasteiger partial charge in [0.25, 0.3) is 0 Å².